The zero-order chi connectivity index (χ0) is 14.9. The second-order valence-corrected chi connectivity index (χ2v) is 5.42. The largest absolute Gasteiger partial charge is 0.326 e. The molecule has 2 rings (SSSR count). The zero-order valence-corrected chi connectivity index (χ0v) is 12.6. The van der Waals surface area contributed by atoms with Crippen LogP contribution < -0.4 is 5.32 Å². The predicted octanol–water partition coefficient (Wildman–Crippen LogP) is 4.67. The lowest BCUT2D eigenvalue weighted by Crippen LogP contribution is -2.16. The third-order valence-corrected chi connectivity index (χ3v) is 3.79. The number of amides is 1. The van der Waals surface area contributed by atoms with Crippen LogP contribution in [-0.4, -0.2) is 5.91 Å². The van der Waals surface area contributed by atoms with E-state index in [9.17, 15) is 4.79 Å². The first-order valence-corrected chi connectivity index (χ1v) is 7.66. The van der Waals surface area contributed by atoms with Crippen molar-refractivity contribution in [2.75, 3.05) is 5.32 Å². The molecule has 0 saturated heterocycles. The van der Waals surface area contributed by atoms with Gasteiger partial charge in [0.05, 0.1) is 0 Å². The van der Waals surface area contributed by atoms with E-state index in [0.29, 0.717) is 12.3 Å². The molecule has 2 aromatic carbocycles. The van der Waals surface area contributed by atoms with Crippen molar-refractivity contribution >= 4 is 11.6 Å². The lowest BCUT2D eigenvalue weighted by Gasteiger charge is -2.14. The first kappa shape index (κ1) is 15.3. The molecule has 0 aliphatic heterocycles. The highest BCUT2D eigenvalue weighted by Gasteiger charge is 2.12. The molecular weight excluding hydrogens is 258 g/mol. The minimum absolute atomic E-state index is 0.112. The Balaban J connectivity index is 1.80. The number of carbonyl (C=O) groups excluding carboxylic acids is 1. The number of anilines is 1. The van der Waals surface area contributed by atoms with Crippen LogP contribution in [0.2, 0.25) is 0 Å². The molecule has 0 spiro atoms. The molecule has 0 unspecified atom stereocenters. The molecule has 0 saturated carbocycles. The van der Waals surface area contributed by atoms with E-state index in [1.807, 2.05) is 36.4 Å². The molecule has 110 valence electrons. The number of para-hydroxylation sites is 1. The molecule has 1 amide bonds. The summed E-state index contributed by atoms with van der Waals surface area (Å²) < 4.78 is 0. The van der Waals surface area contributed by atoms with Crippen molar-refractivity contribution in [2.45, 2.75) is 32.6 Å². The Morgan fingerprint density at radius 3 is 2.24 bits per heavy atom. The number of carbonyl (C=O) groups is 1. The van der Waals surface area contributed by atoms with Gasteiger partial charge in [0.25, 0.3) is 0 Å². The van der Waals surface area contributed by atoms with Gasteiger partial charge in [-0.2, -0.15) is 0 Å². The molecule has 0 heterocycles. The average molecular weight is 281 g/mol. The van der Waals surface area contributed by atoms with Crippen LogP contribution >= 0.6 is 0 Å². The minimum Gasteiger partial charge on any atom is -0.326 e. The summed E-state index contributed by atoms with van der Waals surface area (Å²) in [5.74, 6) is 0.551. The Labute approximate surface area is 127 Å². The number of benzene rings is 2. The first-order chi connectivity index (χ1) is 10.3. The Morgan fingerprint density at radius 2 is 1.62 bits per heavy atom. The standard InChI is InChI=1S/C19H23NO/c1-2-16(13-14-17-9-5-3-6-10-17)15-19(21)20-18-11-7-4-8-12-18/h3-12,16H,2,13-15H2,1H3,(H,20,21)/t16-/m1/s1. The van der Waals surface area contributed by atoms with Gasteiger partial charge >= 0.3 is 0 Å². The summed E-state index contributed by atoms with van der Waals surface area (Å²) in [6, 6.07) is 20.1. The fourth-order valence-electron chi connectivity index (χ4n) is 2.46. The summed E-state index contributed by atoms with van der Waals surface area (Å²) in [6.07, 6.45) is 3.73. The van der Waals surface area contributed by atoms with Gasteiger partial charge in [0, 0.05) is 12.1 Å². The average Bonchev–Trinajstić information content (AvgIpc) is 2.53. The van der Waals surface area contributed by atoms with Crippen LogP contribution in [0.1, 0.15) is 31.7 Å². The van der Waals surface area contributed by atoms with E-state index >= 15 is 0 Å². The number of nitrogens with one attached hydrogen (secondary N) is 1. The van der Waals surface area contributed by atoms with E-state index in [1.165, 1.54) is 5.56 Å². The van der Waals surface area contributed by atoms with Crippen LogP contribution in [0.15, 0.2) is 60.7 Å². The molecule has 0 aromatic heterocycles. The van der Waals surface area contributed by atoms with Crippen LogP contribution in [-0.2, 0) is 11.2 Å². The first-order valence-electron chi connectivity index (χ1n) is 7.66. The van der Waals surface area contributed by atoms with Crippen LogP contribution in [0.25, 0.3) is 0 Å². The number of rotatable bonds is 7. The third kappa shape index (κ3) is 5.42. The minimum atomic E-state index is 0.112. The maximum absolute atomic E-state index is 12.1. The molecular formula is C19H23NO. The van der Waals surface area contributed by atoms with E-state index in [4.69, 9.17) is 0 Å². The zero-order valence-electron chi connectivity index (χ0n) is 12.6. The van der Waals surface area contributed by atoms with E-state index in [1.54, 1.807) is 0 Å². The Hall–Kier alpha value is -2.09. The normalized spacial score (nSPS) is 11.9. The van der Waals surface area contributed by atoms with Crippen molar-refractivity contribution in [2.24, 2.45) is 5.92 Å². The van der Waals surface area contributed by atoms with Gasteiger partial charge in [0.2, 0.25) is 5.91 Å². The van der Waals surface area contributed by atoms with Gasteiger partial charge in [-0.25, -0.2) is 0 Å². The molecule has 0 bridgehead atoms. The lowest BCUT2D eigenvalue weighted by atomic mass is 9.94. The molecule has 0 aliphatic carbocycles. The van der Waals surface area contributed by atoms with Crippen molar-refractivity contribution in [3.8, 4) is 0 Å². The summed E-state index contributed by atoms with van der Waals surface area (Å²) >= 11 is 0. The summed E-state index contributed by atoms with van der Waals surface area (Å²) in [7, 11) is 0. The molecule has 0 radical (unpaired) electrons. The van der Waals surface area contributed by atoms with E-state index in [2.05, 4.69) is 36.5 Å². The molecule has 2 aromatic rings. The fraction of sp³-hybridized carbons (Fsp3) is 0.316. The molecule has 1 atom stereocenters. The molecule has 0 fully saturated rings. The van der Waals surface area contributed by atoms with Crippen molar-refractivity contribution in [3.05, 3.63) is 66.2 Å². The summed E-state index contributed by atoms with van der Waals surface area (Å²) in [4.78, 5) is 12.1. The van der Waals surface area contributed by atoms with E-state index in [0.717, 1.165) is 24.9 Å². The van der Waals surface area contributed by atoms with Gasteiger partial charge in [-0.15, -0.1) is 0 Å². The topological polar surface area (TPSA) is 29.1 Å². The van der Waals surface area contributed by atoms with E-state index < -0.39 is 0 Å². The maximum atomic E-state index is 12.1. The summed E-state index contributed by atoms with van der Waals surface area (Å²) in [6.45, 7) is 2.16. The van der Waals surface area contributed by atoms with Gasteiger partial charge < -0.3 is 5.32 Å². The van der Waals surface area contributed by atoms with Gasteiger partial charge in [-0.1, -0.05) is 61.9 Å². The van der Waals surface area contributed by atoms with Crippen LogP contribution in [0.5, 0.6) is 0 Å². The third-order valence-electron chi connectivity index (χ3n) is 3.79. The highest BCUT2D eigenvalue weighted by molar-refractivity contribution is 5.90. The summed E-state index contributed by atoms with van der Waals surface area (Å²) in [5, 5.41) is 2.97. The number of aryl methyl sites for hydroxylation is 1. The van der Waals surface area contributed by atoms with Crippen LogP contribution in [0.4, 0.5) is 5.69 Å². The number of hydrogen-bond donors (Lipinski definition) is 1. The van der Waals surface area contributed by atoms with Crippen molar-refractivity contribution in [3.63, 3.8) is 0 Å². The smallest absolute Gasteiger partial charge is 0.224 e. The number of hydrogen-bond acceptors (Lipinski definition) is 1. The van der Waals surface area contributed by atoms with E-state index in [-0.39, 0.29) is 5.91 Å². The molecule has 1 N–H and O–H groups in total. The molecule has 0 aliphatic rings. The second kappa shape index (κ2) is 8.25. The van der Waals surface area contributed by atoms with Gasteiger partial charge in [-0.3, -0.25) is 4.79 Å². The van der Waals surface area contributed by atoms with Gasteiger partial charge in [0.1, 0.15) is 0 Å². The maximum Gasteiger partial charge on any atom is 0.224 e. The Morgan fingerprint density at radius 1 is 1.00 bits per heavy atom. The lowest BCUT2D eigenvalue weighted by molar-refractivity contribution is -0.117. The highest BCUT2D eigenvalue weighted by Crippen LogP contribution is 2.18. The molecule has 21 heavy (non-hydrogen) atoms. The molecule has 2 heteroatoms. The summed E-state index contributed by atoms with van der Waals surface area (Å²) in [5.41, 5.74) is 2.22. The quantitative estimate of drug-likeness (QED) is 0.784. The Kier molecular flexibility index (Phi) is 6.01. The van der Waals surface area contributed by atoms with Gasteiger partial charge in [0.15, 0.2) is 0 Å². The van der Waals surface area contributed by atoms with Crippen molar-refractivity contribution in [1.29, 1.82) is 0 Å². The Bertz CT molecular complexity index is 536. The second-order valence-electron chi connectivity index (χ2n) is 5.42. The van der Waals surface area contributed by atoms with Crippen molar-refractivity contribution < 1.29 is 4.79 Å². The predicted molar refractivity (Wildman–Crippen MR) is 88.2 cm³/mol. The highest BCUT2D eigenvalue weighted by atomic mass is 16.1. The SMILES string of the molecule is CC[C@H](CCc1ccccc1)CC(=O)Nc1ccccc1. The monoisotopic (exact) mass is 281 g/mol. The van der Waals surface area contributed by atoms with Crippen LogP contribution in [0.3, 0.4) is 0 Å². The molecule has 2 nitrogen and oxygen atoms in total. The fourth-order valence-corrected chi connectivity index (χ4v) is 2.46. The van der Waals surface area contributed by atoms with Gasteiger partial charge in [-0.05, 0) is 36.5 Å². The van der Waals surface area contributed by atoms with Crippen LogP contribution in [0, 0.1) is 5.92 Å². The van der Waals surface area contributed by atoms with Crippen molar-refractivity contribution in [1.82, 2.24) is 0 Å².